The molecule has 1 N–H and O–H groups in total. The molecule has 3 rings (SSSR count). The van der Waals surface area contributed by atoms with Crippen molar-refractivity contribution in [1.29, 1.82) is 0 Å². The first-order valence-electron chi connectivity index (χ1n) is 11.6. The van der Waals surface area contributed by atoms with Gasteiger partial charge in [0.2, 0.25) is 15.9 Å². The average molecular weight is 458 g/mol. The second-order valence-electron chi connectivity index (χ2n) is 8.24. The van der Waals surface area contributed by atoms with E-state index >= 15 is 0 Å². The van der Waals surface area contributed by atoms with Gasteiger partial charge in [0.25, 0.3) is 0 Å². The lowest BCUT2D eigenvalue weighted by Gasteiger charge is -2.30. The van der Waals surface area contributed by atoms with E-state index in [1.807, 2.05) is 18.2 Å². The van der Waals surface area contributed by atoms with Crippen LogP contribution in [0.1, 0.15) is 50.3 Å². The topological polar surface area (TPSA) is 69.7 Å². The van der Waals surface area contributed by atoms with Crippen molar-refractivity contribution in [3.8, 4) is 0 Å². The van der Waals surface area contributed by atoms with E-state index in [0.717, 1.165) is 37.9 Å². The van der Waals surface area contributed by atoms with Gasteiger partial charge in [0.15, 0.2) is 0 Å². The van der Waals surface area contributed by atoms with Crippen LogP contribution in [0, 0.1) is 0 Å². The smallest absolute Gasteiger partial charge is 0.243 e. The normalized spacial score (nSPS) is 16.1. The van der Waals surface area contributed by atoms with Gasteiger partial charge in [-0.1, -0.05) is 62.7 Å². The predicted octanol–water partition coefficient (Wildman–Crippen LogP) is 3.60. The number of benzene rings is 2. The molecule has 0 spiro atoms. The van der Waals surface area contributed by atoms with E-state index in [1.165, 1.54) is 5.56 Å². The number of hydrogen-bond donors (Lipinski definition) is 1. The molecule has 0 bridgehead atoms. The Labute approximate surface area is 192 Å². The van der Waals surface area contributed by atoms with Gasteiger partial charge in [0, 0.05) is 19.6 Å². The van der Waals surface area contributed by atoms with E-state index in [0.29, 0.717) is 24.5 Å². The molecular formula is C25H35N3O3S. The minimum atomic E-state index is -3.45. The Kier molecular flexibility index (Phi) is 8.84. The molecule has 1 aliphatic heterocycles. The number of carbonyl (C=O) groups excluding carboxylic acids is 1. The van der Waals surface area contributed by atoms with Crippen molar-refractivity contribution in [1.82, 2.24) is 14.5 Å². The first-order chi connectivity index (χ1) is 15.5. The number of rotatable bonds is 10. The molecule has 1 atom stereocenters. The van der Waals surface area contributed by atoms with Crippen LogP contribution in [0.5, 0.6) is 0 Å². The summed E-state index contributed by atoms with van der Waals surface area (Å²) in [6, 6.07) is 17.1. The van der Waals surface area contributed by atoms with Crippen molar-refractivity contribution in [3.05, 3.63) is 65.7 Å². The van der Waals surface area contributed by atoms with Crippen LogP contribution in [0.4, 0.5) is 0 Å². The van der Waals surface area contributed by atoms with Gasteiger partial charge in [0.1, 0.15) is 0 Å². The largest absolute Gasteiger partial charge is 0.354 e. The second-order valence-corrected chi connectivity index (χ2v) is 10.2. The summed E-state index contributed by atoms with van der Waals surface area (Å²) in [4.78, 5) is 15.2. The summed E-state index contributed by atoms with van der Waals surface area (Å²) in [5.41, 5.74) is 1.99. The molecule has 2 aromatic rings. The number of nitrogens with zero attached hydrogens (tertiary/aromatic N) is 2. The highest BCUT2D eigenvalue weighted by atomic mass is 32.2. The zero-order chi connectivity index (χ0) is 23.0. The molecule has 7 heteroatoms. The molecule has 1 fully saturated rings. The third kappa shape index (κ3) is 6.18. The molecule has 6 nitrogen and oxygen atoms in total. The summed E-state index contributed by atoms with van der Waals surface area (Å²) in [7, 11) is -3.45. The lowest BCUT2D eigenvalue weighted by Crippen LogP contribution is -2.38. The van der Waals surface area contributed by atoms with Crippen LogP contribution in [-0.2, 0) is 21.2 Å². The van der Waals surface area contributed by atoms with Gasteiger partial charge in [-0.2, -0.15) is 4.31 Å². The maximum absolute atomic E-state index is 12.8. The number of hydrogen-bond acceptors (Lipinski definition) is 4. The van der Waals surface area contributed by atoms with Crippen molar-refractivity contribution < 1.29 is 13.2 Å². The van der Waals surface area contributed by atoms with Crippen molar-refractivity contribution in [2.24, 2.45) is 0 Å². The van der Waals surface area contributed by atoms with Gasteiger partial charge in [-0.15, -0.1) is 0 Å². The van der Waals surface area contributed by atoms with E-state index in [4.69, 9.17) is 0 Å². The molecule has 32 heavy (non-hydrogen) atoms. The molecule has 1 saturated heterocycles. The number of amides is 1. The van der Waals surface area contributed by atoms with Gasteiger partial charge in [0.05, 0.1) is 17.4 Å². The quantitative estimate of drug-likeness (QED) is 0.592. The fourth-order valence-electron chi connectivity index (χ4n) is 4.29. The SMILES string of the molecule is CCN(CC)C(CNC(=O)Cc1ccc(S(=O)(=O)N2CCCCC2)cc1)c1ccccc1. The third-order valence-corrected chi connectivity index (χ3v) is 8.08. The summed E-state index contributed by atoms with van der Waals surface area (Å²) < 4.78 is 27.2. The first-order valence-corrected chi connectivity index (χ1v) is 13.0. The minimum absolute atomic E-state index is 0.0651. The van der Waals surface area contributed by atoms with E-state index in [9.17, 15) is 13.2 Å². The van der Waals surface area contributed by atoms with Gasteiger partial charge in [-0.3, -0.25) is 9.69 Å². The monoisotopic (exact) mass is 457 g/mol. The number of nitrogens with one attached hydrogen (secondary N) is 1. The maximum atomic E-state index is 12.8. The lowest BCUT2D eigenvalue weighted by atomic mass is 10.0. The Morgan fingerprint density at radius 3 is 2.19 bits per heavy atom. The molecule has 1 unspecified atom stereocenters. The Hall–Kier alpha value is -2.22. The molecule has 1 heterocycles. The third-order valence-electron chi connectivity index (χ3n) is 6.17. The summed E-state index contributed by atoms with van der Waals surface area (Å²) >= 11 is 0. The van der Waals surface area contributed by atoms with E-state index in [2.05, 4.69) is 36.2 Å². The van der Waals surface area contributed by atoms with Gasteiger partial charge >= 0.3 is 0 Å². The van der Waals surface area contributed by atoms with Crippen molar-refractivity contribution in [2.75, 3.05) is 32.7 Å². The zero-order valence-electron chi connectivity index (χ0n) is 19.2. The van der Waals surface area contributed by atoms with Gasteiger partial charge in [-0.25, -0.2) is 8.42 Å². The van der Waals surface area contributed by atoms with Gasteiger partial charge < -0.3 is 5.32 Å². The first kappa shape index (κ1) is 24.4. The van der Waals surface area contributed by atoms with Crippen molar-refractivity contribution in [2.45, 2.75) is 50.5 Å². The molecule has 174 valence electrons. The highest BCUT2D eigenvalue weighted by molar-refractivity contribution is 7.89. The Morgan fingerprint density at radius 2 is 1.59 bits per heavy atom. The summed E-state index contributed by atoms with van der Waals surface area (Å²) in [5.74, 6) is -0.0651. The molecule has 0 aliphatic carbocycles. The molecule has 1 aliphatic rings. The Bertz CT molecular complexity index is 952. The molecule has 0 radical (unpaired) electrons. The molecule has 0 saturated carbocycles. The standard InChI is InChI=1S/C25H35N3O3S/c1-3-27(4-2)24(22-11-7-5-8-12-22)20-26-25(29)19-21-13-15-23(16-14-21)32(30,31)28-17-9-6-10-18-28/h5,7-8,11-16,24H,3-4,6,9-10,17-20H2,1-2H3,(H,26,29). The second kappa shape index (κ2) is 11.6. The Morgan fingerprint density at radius 1 is 0.969 bits per heavy atom. The van der Waals surface area contributed by atoms with E-state index in [1.54, 1.807) is 28.6 Å². The highest BCUT2D eigenvalue weighted by Crippen LogP contribution is 2.22. The number of piperidine rings is 1. The number of sulfonamides is 1. The summed E-state index contributed by atoms with van der Waals surface area (Å²) in [6.07, 6.45) is 3.13. The highest BCUT2D eigenvalue weighted by Gasteiger charge is 2.25. The number of carbonyl (C=O) groups is 1. The summed E-state index contributed by atoms with van der Waals surface area (Å²) in [6.45, 7) is 7.76. The van der Waals surface area contributed by atoms with Crippen LogP contribution in [0.15, 0.2) is 59.5 Å². The number of likely N-dealkylation sites (N-methyl/N-ethyl adjacent to an activating group) is 1. The maximum Gasteiger partial charge on any atom is 0.243 e. The average Bonchev–Trinajstić information content (AvgIpc) is 2.83. The lowest BCUT2D eigenvalue weighted by molar-refractivity contribution is -0.120. The van der Waals surface area contributed by atoms with Crippen LogP contribution in [0.3, 0.4) is 0 Å². The Balaban J connectivity index is 1.60. The zero-order valence-corrected chi connectivity index (χ0v) is 20.0. The fraction of sp³-hybridized carbons (Fsp3) is 0.480. The van der Waals surface area contributed by atoms with E-state index in [-0.39, 0.29) is 18.4 Å². The van der Waals surface area contributed by atoms with Gasteiger partial charge in [-0.05, 0) is 49.2 Å². The summed E-state index contributed by atoms with van der Waals surface area (Å²) in [5, 5.41) is 3.07. The molecule has 2 aromatic carbocycles. The van der Waals surface area contributed by atoms with Crippen LogP contribution < -0.4 is 5.32 Å². The minimum Gasteiger partial charge on any atom is -0.354 e. The van der Waals surface area contributed by atoms with Crippen LogP contribution in [0.2, 0.25) is 0 Å². The predicted molar refractivity (Wildman–Crippen MR) is 128 cm³/mol. The molecule has 1 amide bonds. The molecule has 0 aromatic heterocycles. The van der Waals surface area contributed by atoms with E-state index < -0.39 is 10.0 Å². The van der Waals surface area contributed by atoms with Crippen LogP contribution >= 0.6 is 0 Å². The molecular weight excluding hydrogens is 422 g/mol. The van der Waals surface area contributed by atoms with Crippen LogP contribution in [0.25, 0.3) is 0 Å². The fourth-order valence-corrected chi connectivity index (χ4v) is 5.81. The van der Waals surface area contributed by atoms with Crippen molar-refractivity contribution >= 4 is 15.9 Å². The van der Waals surface area contributed by atoms with Crippen molar-refractivity contribution in [3.63, 3.8) is 0 Å². The van der Waals surface area contributed by atoms with Crippen LogP contribution in [-0.4, -0.2) is 56.3 Å².